The number of benzene rings is 1. The number of halogens is 1. The Morgan fingerprint density at radius 2 is 1.71 bits per heavy atom. The first-order valence-electron chi connectivity index (χ1n) is 5.80. The molecule has 0 unspecified atom stereocenters. The highest BCUT2D eigenvalue weighted by Gasteiger charge is 1.98. The van der Waals surface area contributed by atoms with Crippen LogP contribution in [0.1, 0.15) is 22.2 Å². The van der Waals surface area contributed by atoms with Gasteiger partial charge < -0.3 is 5.32 Å². The zero-order chi connectivity index (χ0) is 12.1. The van der Waals surface area contributed by atoms with Crippen LogP contribution in [0.5, 0.6) is 0 Å². The predicted molar refractivity (Wildman–Crippen MR) is 75.7 cm³/mol. The van der Waals surface area contributed by atoms with Crippen molar-refractivity contribution in [3.05, 3.63) is 56.7 Å². The van der Waals surface area contributed by atoms with Gasteiger partial charge in [0.2, 0.25) is 0 Å². The maximum Gasteiger partial charge on any atom is 0.0406 e. The van der Waals surface area contributed by atoms with E-state index in [0.717, 1.165) is 24.5 Å². The second-order valence-electron chi connectivity index (χ2n) is 3.95. The van der Waals surface area contributed by atoms with Gasteiger partial charge in [-0.15, -0.1) is 11.3 Å². The standard InChI is InChI=1S/C14H16ClNS/c1-2-13-7-8-14(17-13)10-16-9-11-3-5-12(15)6-4-11/h3-8,16H,2,9-10H2,1H3. The van der Waals surface area contributed by atoms with Crippen molar-refractivity contribution in [3.63, 3.8) is 0 Å². The van der Waals surface area contributed by atoms with Crippen molar-refractivity contribution in [2.45, 2.75) is 26.4 Å². The normalized spacial score (nSPS) is 10.7. The molecule has 2 aromatic rings. The second kappa shape index (κ2) is 6.20. The lowest BCUT2D eigenvalue weighted by molar-refractivity contribution is 0.701. The Morgan fingerprint density at radius 1 is 1.00 bits per heavy atom. The highest BCUT2D eigenvalue weighted by atomic mass is 35.5. The molecule has 0 radical (unpaired) electrons. The van der Waals surface area contributed by atoms with Gasteiger partial charge in [0, 0.05) is 27.9 Å². The fourth-order valence-corrected chi connectivity index (χ4v) is 2.69. The van der Waals surface area contributed by atoms with Gasteiger partial charge in [0.25, 0.3) is 0 Å². The SMILES string of the molecule is CCc1ccc(CNCc2ccc(Cl)cc2)s1. The molecule has 0 bridgehead atoms. The molecule has 0 amide bonds. The van der Waals surface area contributed by atoms with Crippen LogP contribution in [0.3, 0.4) is 0 Å². The van der Waals surface area contributed by atoms with Gasteiger partial charge in [-0.2, -0.15) is 0 Å². The van der Waals surface area contributed by atoms with Gasteiger partial charge in [-0.3, -0.25) is 0 Å². The van der Waals surface area contributed by atoms with Crippen molar-refractivity contribution < 1.29 is 0 Å². The Labute approximate surface area is 111 Å². The summed E-state index contributed by atoms with van der Waals surface area (Å²) >= 11 is 7.73. The second-order valence-corrected chi connectivity index (χ2v) is 5.64. The molecule has 0 aliphatic rings. The molecule has 0 aliphatic heterocycles. The van der Waals surface area contributed by atoms with E-state index in [9.17, 15) is 0 Å². The largest absolute Gasteiger partial charge is 0.308 e. The molecule has 1 aromatic heterocycles. The lowest BCUT2D eigenvalue weighted by Gasteiger charge is -2.03. The minimum absolute atomic E-state index is 0.791. The fraction of sp³-hybridized carbons (Fsp3) is 0.286. The predicted octanol–water partition coefficient (Wildman–Crippen LogP) is 4.25. The van der Waals surface area contributed by atoms with E-state index >= 15 is 0 Å². The first kappa shape index (κ1) is 12.6. The van der Waals surface area contributed by atoms with Crippen LogP contribution in [-0.2, 0) is 19.5 Å². The molecule has 1 N–H and O–H groups in total. The quantitative estimate of drug-likeness (QED) is 0.852. The summed E-state index contributed by atoms with van der Waals surface area (Å²) in [5.74, 6) is 0. The Kier molecular flexibility index (Phi) is 4.60. The minimum Gasteiger partial charge on any atom is -0.308 e. The van der Waals surface area contributed by atoms with Gasteiger partial charge in [-0.05, 0) is 36.2 Å². The minimum atomic E-state index is 0.791. The smallest absolute Gasteiger partial charge is 0.0406 e. The summed E-state index contributed by atoms with van der Waals surface area (Å²) in [5, 5.41) is 4.23. The fourth-order valence-electron chi connectivity index (χ4n) is 1.64. The van der Waals surface area contributed by atoms with Crippen molar-refractivity contribution >= 4 is 22.9 Å². The summed E-state index contributed by atoms with van der Waals surface area (Å²) in [6.07, 6.45) is 1.13. The van der Waals surface area contributed by atoms with Crippen molar-refractivity contribution in [1.29, 1.82) is 0 Å². The molecular weight excluding hydrogens is 250 g/mol. The van der Waals surface area contributed by atoms with Crippen molar-refractivity contribution in [2.24, 2.45) is 0 Å². The van der Waals surface area contributed by atoms with Crippen molar-refractivity contribution in [1.82, 2.24) is 5.32 Å². The van der Waals surface area contributed by atoms with Gasteiger partial charge >= 0.3 is 0 Å². The van der Waals surface area contributed by atoms with E-state index < -0.39 is 0 Å². The van der Waals surface area contributed by atoms with E-state index in [1.54, 1.807) is 0 Å². The zero-order valence-corrected chi connectivity index (χ0v) is 11.4. The molecule has 90 valence electrons. The van der Waals surface area contributed by atoms with Gasteiger partial charge in [0.15, 0.2) is 0 Å². The number of rotatable bonds is 5. The summed E-state index contributed by atoms with van der Waals surface area (Å²) in [7, 11) is 0. The lowest BCUT2D eigenvalue weighted by Crippen LogP contribution is -2.11. The molecule has 0 fully saturated rings. The van der Waals surface area contributed by atoms with Gasteiger partial charge in [0.05, 0.1) is 0 Å². The average Bonchev–Trinajstić information content (AvgIpc) is 2.80. The van der Waals surface area contributed by atoms with E-state index in [1.807, 2.05) is 23.5 Å². The molecule has 3 heteroatoms. The van der Waals surface area contributed by atoms with Crippen LogP contribution < -0.4 is 5.32 Å². The number of thiophene rings is 1. The van der Waals surface area contributed by atoms with Crippen LogP contribution in [0.2, 0.25) is 5.02 Å². The molecule has 2 rings (SSSR count). The molecule has 0 saturated heterocycles. The number of nitrogens with one attached hydrogen (secondary N) is 1. The van der Waals surface area contributed by atoms with E-state index in [4.69, 9.17) is 11.6 Å². The third-order valence-corrected chi connectivity index (χ3v) is 4.09. The lowest BCUT2D eigenvalue weighted by atomic mass is 10.2. The first-order chi connectivity index (χ1) is 8.28. The summed E-state index contributed by atoms with van der Waals surface area (Å²) in [6, 6.07) is 12.4. The van der Waals surface area contributed by atoms with E-state index in [0.29, 0.717) is 0 Å². The first-order valence-corrected chi connectivity index (χ1v) is 7.00. The summed E-state index contributed by atoms with van der Waals surface area (Å²) in [5.41, 5.74) is 1.27. The number of hydrogen-bond acceptors (Lipinski definition) is 2. The molecule has 1 heterocycles. The molecule has 0 atom stereocenters. The molecule has 0 aliphatic carbocycles. The topological polar surface area (TPSA) is 12.0 Å². The Bertz CT molecular complexity index is 461. The molecule has 0 saturated carbocycles. The Morgan fingerprint density at radius 3 is 2.35 bits per heavy atom. The van der Waals surface area contributed by atoms with Crippen LogP contribution in [0.15, 0.2) is 36.4 Å². The third kappa shape index (κ3) is 3.84. The van der Waals surface area contributed by atoms with E-state index in [1.165, 1.54) is 15.3 Å². The Hall–Kier alpha value is -0.830. The van der Waals surface area contributed by atoms with Crippen LogP contribution in [0.25, 0.3) is 0 Å². The number of hydrogen-bond donors (Lipinski definition) is 1. The summed E-state index contributed by atoms with van der Waals surface area (Å²) < 4.78 is 0. The molecule has 1 nitrogen and oxygen atoms in total. The highest BCUT2D eigenvalue weighted by Crippen LogP contribution is 2.16. The molecule has 17 heavy (non-hydrogen) atoms. The highest BCUT2D eigenvalue weighted by molar-refractivity contribution is 7.11. The number of aryl methyl sites for hydroxylation is 1. The summed E-state index contributed by atoms with van der Waals surface area (Å²) in [6.45, 7) is 4.01. The van der Waals surface area contributed by atoms with E-state index in [-0.39, 0.29) is 0 Å². The van der Waals surface area contributed by atoms with Crippen LogP contribution in [0, 0.1) is 0 Å². The van der Waals surface area contributed by atoms with E-state index in [2.05, 4.69) is 36.5 Å². The maximum atomic E-state index is 5.84. The van der Waals surface area contributed by atoms with Crippen molar-refractivity contribution in [3.8, 4) is 0 Å². The zero-order valence-electron chi connectivity index (χ0n) is 9.87. The molecule has 0 spiro atoms. The monoisotopic (exact) mass is 265 g/mol. The van der Waals surface area contributed by atoms with Gasteiger partial charge in [-0.1, -0.05) is 30.7 Å². The maximum absolute atomic E-state index is 5.84. The third-order valence-electron chi connectivity index (χ3n) is 2.61. The van der Waals surface area contributed by atoms with Crippen LogP contribution in [0.4, 0.5) is 0 Å². The van der Waals surface area contributed by atoms with Gasteiger partial charge in [-0.25, -0.2) is 0 Å². The van der Waals surface area contributed by atoms with Crippen LogP contribution in [-0.4, -0.2) is 0 Å². The van der Waals surface area contributed by atoms with Gasteiger partial charge in [0.1, 0.15) is 0 Å². The van der Waals surface area contributed by atoms with Crippen LogP contribution >= 0.6 is 22.9 Å². The van der Waals surface area contributed by atoms with Crippen molar-refractivity contribution in [2.75, 3.05) is 0 Å². The average molecular weight is 266 g/mol. The molecule has 1 aromatic carbocycles. The molecular formula is C14H16ClNS. The summed E-state index contributed by atoms with van der Waals surface area (Å²) in [4.78, 5) is 2.85. The Balaban J connectivity index is 1.81.